The second kappa shape index (κ2) is 4.17. The van der Waals surface area contributed by atoms with E-state index in [1.54, 1.807) is 12.4 Å². The zero-order valence-electron chi connectivity index (χ0n) is 8.54. The van der Waals surface area contributed by atoms with Gasteiger partial charge in [0.05, 0.1) is 10.9 Å². The highest BCUT2D eigenvalue weighted by atomic mass is 79.9. The van der Waals surface area contributed by atoms with Crippen LogP contribution in [-0.4, -0.2) is 15.8 Å². The van der Waals surface area contributed by atoms with E-state index < -0.39 is 0 Å². The molecule has 0 bridgehead atoms. The van der Waals surface area contributed by atoms with Crippen molar-refractivity contribution in [2.75, 3.05) is 0 Å². The maximum atomic E-state index is 11.8. The Morgan fingerprint density at radius 3 is 2.21 bits per heavy atom. The minimum Gasteiger partial charge on any atom is -0.293 e. The molecule has 0 aromatic carbocycles. The molecular weight excluding hydrogens is 244 g/mol. The number of hydrogen-bond acceptors (Lipinski definition) is 3. The average Bonchev–Trinajstić information content (AvgIpc) is 2.15. The van der Waals surface area contributed by atoms with Gasteiger partial charge >= 0.3 is 0 Å². The van der Waals surface area contributed by atoms with E-state index in [1.807, 2.05) is 20.8 Å². The van der Waals surface area contributed by atoms with Crippen LogP contribution in [0.4, 0.5) is 0 Å². The first-order valence-corrected chi connectivity index (χ1v) is 5.49. The smallest absolute Gasteiger partial charge is 0.171 e. The van der Waals surface area contributed by atoms with Crippen molar-refractivity contribution in [2.45, 2.75) is 26.1 Å². The number of aromatic nitrogens is 2. The number of halogens is 1. The van der Waals surface area contributed by atoms with E-state index in [-0.39, 0.29) is 11.2 Å². The Balaban J connectivity index is 2.93. The van der Waals surface area contributed by atoms with Crippen LogP contribution in [0, 0.1) is 5.41 Å². The second-order valence-electron chi connectivity index (χ2n) is 4.10. The third-order valence-corrected chi connectivity index (χ3v) is 2.27. The van der Waals surface area contributed by atoms with Gasteiger partial charge in [0.1, 0.15) is 5.82 Å². The molecule has 0 radical (unpaired) electrons. The number of ketones is 1. The molecule has 1 heterocycles. The molecule has 14 heavy (non-hydrogen) atoms. The zero-order chi connectivity index (χ0) is 10.8. The van der Waals surface area contributed by atoms with Gasteiger partial charge in [0.2, 0.25) is 0 Å². The summed E-state index contributed by atoms with van der Waals surface area (Å²) in [6, 6.07) is 0. The molecule has 0 unspecified atom stereocenters. The average molecular weight is 257 g/mol. The number of rotatable bonds is 2. The summed E-state index contributed by atoms with van der Waals surface area (Å²) < 4.78 is 0. The van der Waals surface area contributed by atoms with Gasteiger partial charge < -0.3 is 0 Å². The molecule has 4 heteroatoms. The Morgan fingerprint density at radius 1 is 1.36 bits per heavy atom. The maximum absolute atomic E-state index is 11.8. The quantitative estimate of drug-likeness (QED) is 0.604. The van der Waals surface area contributed by atoms with E-state index in [0.717, 1.165) is 0 Å². The van der Waals surface area contributed by atoms with Gasteiger partial charge in [0.15, 0.2) is 5.78 Å². The van der Waals surface area contributed by atoms with E-state index in [9.17, 15) is 4.79 Å². The predicted octanol–water partition coefficient (Wildman–Crippen LogP) is 2.60. The Bertz CT molecular complexity index is 327. The van der Waals surface area contributed by atoms with Crippen molar-refractivity contribution in [3.8, 4) is 0 Å². The minimum absolute atomic E-state index is 0.0682. The van der Waals surface area contributed by atoms with Gasteiger partial charge in [-0.2, -0.15) is 0 Å². The van der Waals surface area contributed by atoms with Crippen LogP contribution in [0.3, 0.4) is 0 Å². The van der Waals surface area contributed by atoms with E-state index in [1.165, 1.54) is 0 Å². The molecule has 0 aliphatic heterocycles. The molecular formula is C10H13BrN2O. The third kappa shape index (κ3) is 2.61. The standard InChI is InChI=1S/C10H13BrN2O/c1-10(2,3)9(14)7-5-12-8(4-11)13-6-7/h5-6H,4H2,1-3H3. The van der Waals surface area contributed by atoms with Crippen LogP contribution in [0.1, 0.15) is 37.0 Å². The molecule has 0 aliphatic carbocycles. The largest absolute Gasteiger partial charge is 0.293 e. The lowest BCUT2D eigenvalue weighted by Gasteiger charge is -2.15. The molecule has 0 saturated carbocycles. The van der Waals surface area contributed by atoms with Gasteiger partial charge in [-0.05, 0) is 0 Å². The highest BCUT2D eigenvalue weighted by Crippen LogP contribution is 2.19. The summed E-state index contributed by atoms with van der Waals surface area (Å²) in [5.41, 5.74) is 0.196. The topological polar surface area (TPSA) is 42.9 Å². The fourth-order valence-electron chi connectivity index (χ4n) is 0.974. The van der Waals surface area contributed by atoms with Crippen LogP contribution in [0.25, 0.3) is 0 Å². The Kier molecular flexibility index (Phi) is 3.37. The lowest BCUT2D eigenvalue weighted by Crippen LogP contribution is -2.20. The number of hydrogen-bond donors (Lipinski definition) is 0. The van der Waals surface area contributed by atoms with Gasteiger partial charge in [-0.25, -0.2) is 9.97 Å². The van der Waals surface area contributed by atoms with Gasteiger partial charge in [-0.15, -0.1) is 0 Å². The van der Waals surface area contributed by atoms with Crippen molar-refractivity contribution in [1.82, 2.24) is 9.97 Å². The second-order valence-corrected chi connectivity index (χ2v) is 4.66. The van der Waals surface area contributed by atoms with E-state index >= 15 is 0 Å². The van der Waals surface area contributed by atoms with Crippen molar-refractivity contribution in [3.63, 3.8) is 0 Å². The van der Waals surface area contributed by atoms with Crippen LogP contribution in [0.5, 0.6) is 0 Å². The first-order chi connectivity index (χ1) is 6.45. The number of nitrogens with zero attached hydrogens (tertiary/aromatic N) is 2. The first-order valence-electron chi connectivity index (χ1n) is 4.37. The number of carbonyl (C=O) groups is 1. The van der Waals surface area contributed by atoms with Crippen LogP contribution in [0.15, 0.2) is 12.4 Å². The lowest BCUT2D eigenvalue weighted by molar-refractivity contribution is 0.0857. The number of alkyl halides is 1. The third-order valence-electron chi connectivity index (χ3n) is 1.77. The summed E-state index contributed by atoms with van der Waals surface area (Å²) in [5.74, 6) is 0.758. The molecule has 1 aromatic rings. The minimum atomic E-state index is -0.376. The Labute approximate surface area is 92.1 Å². The molecule has 1 aromatic heterocycles. The fraction of sp³-hybridized carbons (Fsp3) is 0.500. The Hall–Kier alpha value is -0.770. The van der Waals surface area contributed by atoms with Crippen molar-refractivity contribution < 1.29 is 4.79 Å². The van der Waals surface area contributed by atoms with Gasteiger partial charge in [0, 0.05) is 17.8 Å². The van der Waals surface area contributed by atoms with Crippen LogP contribution < -0.4 is 0 Å². The van der Waals surface area contributed by atoms with Crippen LogP contribution in [0.2, 0.25) is 0 Å². The molecule has 0 atom stereocenters. The van der Waals surface area contributed by atoms with Crippen molar-refractivity contribution >= 4 is 21.7 Å². The molecule has 76 valence electrons. The molecule has 0 saturated heterocycles. The molecule has 0 aliphatic rings. The van der Waals surface area contributed by atoms with Crippen molar-refractivity contribution in [1.29, 1.82) is 0 Å². The fourth-order valence-corrected chi connectivity index (χ4v) is 1.26. The molecule has 0 spiro atoms. The summed E-state index contributed by atoms with van der Waals surface area (Å²) in [6.45, 7) is 5.65. The lowest BCUT2D eigenvalue weighted by atomic mass is 9.88. The summed E-state index contributed by atoms with van der Waals surface area (Å²) >= 11 is 3.25. The SMILES string of the molecule is CC(C)(C)C(=O)c1cnc(CBr)nc1. The Morgan fingerprint density at radius 2 is 1.86 bits per heavy atom. The number of Topliss-reactive ketones (excluding diaryl/α,β-unsaturated/α-hetero) is 1. The highest BCUT2D eigenvalue weighted by molar-refractivity contribution is 9.08. The number of carbonyl (C=O) groups excluding carboxylic acids is 1. The summed E-state index contributed by atoms with van der Waals surface area (Å²) in [4.78, 5) is 19.9. The summed E-state index contributed by atoms with van der Waals surface area (Å²) in [6.07, 6.45) is 3.16. The van der Waals surface area contributed by atoms with E-state index in [4.69, 9.17) is 0 Å². The summed E-state index contributed by atoms with van der Waals surface area (Å²) in [5, 5.41) is 0.608. The zero-order valence-corrected chi connectivity index (χ0v) is 10.1. The monoisotopic (exact) mass is 256 g/mol. The van der Waals surface area contributed by atoms with Gasteiger partial charge in [0.25, 0.3) is 0 Å². The normalized spacial score (nSPS) is 11.4. The first kappa shape index (κ1) is 11.3. The highest BCUT2D eigenvalue weighted by Gasteiger charge is 2.23. The van der Waals surface area contributed by atoms with Gasteiger partial charge in [-0.1, -0.05) is 36.7 Å². The molecule has 3 nitrogen and oxygen atoms in total. The maximum Gasteiger partial charge on any atom is 0.171 e. The van der Waals surface area contributed by atoms with Crippen molar-refractivity contribution in [3.05, 3.63) is 23.8 Å². The molecule has 0 amide bonds. The van der Waals surface area contributed by atoms with Gasteiger partial charge in [-0.3, -0.25) is 4.79 Å². The summed E-state index contributed by atoms with van der Waals surface area (Å²) in [7, 11) is 0. The predicted molar refractivity (Wildman–Crippen MR) is 58.4 cm³/mol. The van der Waals surface area contributed by atoms with Crippen LogP contribution >= 0.6 is 15.9 Å². The van der Waals surface area contributed by atoms with E-state index in [2.05, 4.69) is 25.9 Å². The van der Waals surface area contributed by atoms with E-state index in [0.29, 0.717) is 16.7 Å². The molecule has 0 N–H and O–H groups in total. The van der Waals surface area contributed by atoms with Crippen LogP contribution in [-0.2, 0) is 5.33 Å². The van der Waals surface area contributed by atoms with Crippen molar-refractivity contribution in [2.24, 2.45) is 5.41 Å². The molecule has 0 fully saturated rings. The molecule has 1 rings (SSSR count).